The van der Waals surface area contributed by atoms with Gasteiger partial charge in [-0.25, -0.2) is 4.98 Å². The second-order valence-electron chi connectivity index (χ2n) is 6.07. The standard InChI is InChI=1S/C15H23N3/c1-13-11-16-12-14(17-13)18-9-7-15(8-10-18)5-3-2-4-6-15/h11-12H,2-10H2,1H3. The molecule has 2 heterocycles. The first-order valence-corrected chi connectivity index (χ1v) is 7.31. The number of hydrogen-bond donors (Lipinski definition) is 0. The van der Waals surface area contributed by atoms with Crippen LogP contribution >= 0.6 is 0 Å². The molecule has 0 radical (unpaired) electrons. The monoisotopic (exact) mass is 245 g/mol. The van der Waals surface area contributed by atoms with Crippen LogP contribution in [-0.4, -0.2) is 23.1 Å². The second kappa shape index (κ2) is 4.87. The van der Waals surface area contributed by atoms with Crippen molar-refractivity contribution < 1.29 is 0 Å². The molecule has 1 aromatic rings. The molecule has 98 valence electrons. The van der Waals surface area contributed by atoms with Crippen molar-refractivity contribution in [2.24, 2.45) is 5.41 Å². The minimum absolute atomic E-state index is 0.673. The van der Waals surface area contributed by atoms with Gasteiger partial charge in [0.25, 0.3) is 0 Å². The number of anilines is 1. The van der Waals surface area contributed by atoms with Crippen molar-refractivity contribution in [2.75, 3.05) is 18.0 Å². The molecule has 3 nitrogen and oxygen atoms in total. The molecule has 3 rings (SSSR count). The van der Waals surface area contributed by atoms with Gasteiger partial charge < -0.3 is 4.90 Å². The second-order valence-corrected chi connectivity index (χ2v) is 6.07. The smallest absolute Gasteiger partial charge is 0.147 e. The maximum absolute atomic E-state index is 4.59. The van der Waals surface area contributed by atoms with E-state index in [9.17, 15) is 0 Å². The zero-order valence-corrected chi connectivity index (χ0v) is 11.4. The molecular weight excluding hydrogens is 222 g/mol. The van der Waals surface area contributed by atoms with Crippen LogP contribution < -0.4 is 4.90 Å². The minimum Gasteiger partial charge on any atom is -0.355 e. The molecule has 3 heteroatoms. The first-order chi connectivity index (χ1) is 8.77. The largest absolute Gasteiger partial charge is 0.355 e. The summed E-state index contributed by atoms with van der Waals surface area (Å²) in [4.78, 5) is 11.3. The molecule has 0 unspecified atom stereocenters. The summed E-state index contributed by atoms with van der Waals surface area (Å²) < 4.78 is 0. The third-order valence-electron chi connectivity index (χ3n) is 4.80. The molecule has 1 saturated heterocycles. The summed E-state index contributed by atoms with van der Waals surface area (Å²) >= 11 is 0. The van der Waals surface area contributed by atoms with E-state index in [0.717, 1.165) is 24.6 Å². The van der Waals surface area contributed by atoms with Crippen LogP contribution in [0.3, 0.4) is 0 Å². The summed E-state index contributed by atoms with van der Waals surface area (Å²) in [5, 5.41) is 0. The van der Waals surface area contributed by atoms with E-state index in [-0.39, 0.29) is 0 Å². The Morgan fingerprint density at radius 1 is 1.00 bits per heavy atom. The third kappa shape index (κ3) is 2.36. The molecular formula is C15H23N3. The topological polar surface area (TPSA) is 29.0 Å². The zero-order chi connectivity index (χ0) is 12.4. The van der Waals surface area contributed by atoms with Crippen LogP contribution in [0.15, 0.2) is 12.4 Å². The predicted molar refractivity (Wildman–Crippen MR) is 73.7 cm³/mol. The quantitative estimate of drug-likeness (QED) is 0.760. The van der Waals surface area contributed by atoms with E-state index >= 15 is 0 Å². The fraction of sp³-hybridized carbons (Fsp3) is 0.733. The van der Waals surface area contributed by atoms with Crippen LogP contribution in [0.5, 0.6) is 0 Å². The van der Waals surface area contributed by atoms with Crippen molar-refractivity contribution in [3.63, 3.8) is 0 Å². The summed E-state index contributed by atoms with van der Waals surface area (Å²) in [6.07, 6.45) is 13.7. The van der Waals surface area contributed by atoms with E-state index in [2.05, 4.69) is 14.9 Å². The van der Waals surface area contributed by atoms with Gasteiger partial charge in [-0.3, -0.25) is 4.98 Å². The van der Waals surface area contributed by atoms with Crippen molar-refractivity contribution in [3.8, 4) is 0 Å². The highest BCUT2D eigenvalue weighted by Crippen LogP contribution is 2.44. The lowest BCUT2D eigenvalue weighted by Crippen LogP contribution is -2.41. The fourth-order valence-electron chi connectivity index (χ4n) is 3.61. The summed E-state index contributed by atoms with van der Waals surface area (Å²) in [6.45, 7) is 4.35. The lowest BCUT2D eigenvalue weighted by atomic mass is 9.68. The van der Waals surface area contributed by atoms with Crippen LogP contribution in [0.4, 0.5) is 5.82 Å². The van der Waals surface area contributed by atoms with Crippen molar-refractivity contribution in [1.82, 2.24) is 9.97 Å². The van der Waals surface area contributed by atoms with Gasteiger partial charge in [0.2, 0.25) is 0 Å². The van der Waals surface area contributed by atoms with E-state index in [1.807, 2.05) is 19.3 Å². The molecule has 1 aliphatic carbocycles. The maximum atomic E-state index is 4.59. The van der Waals surface area contributed by atoms with Crippen LogP contribution in [0.2, 0.25) is 0 Å². The molecule has 1 saturated carbocycles. The Morgan fingerprint density at radius 3 is 2.39 bits per heavy atom. The van der Waals surface area contributed by atoms with E-state index in [0.29, 0.717) is 5.41 Å². The van der Waals surface area contributed by atoms with Gasteiger partial charge in [-0.05, 0) is 38.0 Å². The third-order valence-corrected chi connectivity index (χ3v) is 4.80. The van der Waals surface area contributed by atoms with Gasteiger partial charge >= 0.3 is 0 Å². The summed E-state index contributed by atoms with van der Waals surface area (Å²) in [5.74, 6) is 1.07. The van der Waals surface area contributed by atoms with Gasteiger partial charge in [-0.15, -0.1) is 0 Å². The molecule has 1 aromatic heterocycles. The molecule has 0 aromatic carbocycles. The number of aromatic nitrogens is 2. The SMILES string of the molecule is Cc1cncc(N2CCC3(CCCCC3)CC2)n1. The van der Waals surface area contributed by atoms with E-state index < -0.39 is 0 Å². The minimum atomic E-state index is 0.673. The maximum Gasteiger partial charge on any atom is 0.147 e. The average Bonchev–Trinajstić information content (AvgIpc) is 2.40. The van der Waals surface area contributed by atoms with Crippen LogP contribution in [0.1, 0.15) is 50.6 Å². The lowest BCUT2D eigenvalue weighted by molar-refractivity contribution is 0.144. The normalized spacial score (nSPS) is 23.3. The summed E-state index contributed by atoms with van der Waals surface area (Å²) in [6, 6.07) is 0. The number of aryl methyl sites for hydroxylation is 1. The van der Waals surface area contributed by atoms with E-state index in [1.54, 1.807) is 0 Å². The van der Waals surface area contributed by atoms with Crippen molar-refractivity contribution in [2.45, 2.75) is 51.9 Å². The molecule has 0 N–H and O–H groups in total. The summed E-state index contributed by atoms with van der Waals surface area (Å²) in [5.41, 5.74) is 1.69. The molecule has 1 spiro atoms. The molecule has 1 aliphatic heterocycles. The molecule has 0 atom stereocenters. The van der Waals surface area contributed by atoms with E-state index in [4.69, 9.17) is 0 Å². The molecule has 0 amide bonds. The van der Waals surface area contributed by atoms with Crippen LogP contribution in [0.25, 0.3) is 0 Å². The Labute approximate surface area is 110 Å². The number of piperidine rings is 1. The Morgan fingerprint density at radius 2 is 1.72 bits per heavy atom. The lowest BCUT2D eigenvalue weighted by Gasteiger charge is -2.44. The van der Waals surface area contributed by atoms with E-state index in [1.165, 1.54) is 44.9 Å². The Bertz CT molecular complexity index is 400. The van der Waals surface area contributed by atoms with Crippen LogP contribution in [0, 0.1) is 12.3 Å². The van der Waals surface area contributed by atoms with Gasteiger partial charge in [-0.1, -0.05) is 19.3 Å². The summed E-state index contributed by atoms with van der Waals surface area (Å²) in [7, 11) is 0. The highest BCUT2D eigenvalue weighted by molar-refractivity contribution is 5.37. The first kappa shape index (κ1) is 11.9. The predicted octanol–water partition coefficient (Wildman–Crippen LogP) is 3.34. The Kier molecular flexibility index (Phi) is 3.23. The van der Waals surface area contributed by atoms with Gasteiger partial charge in [0.05, 0.1) is 11.9 Å². The van der Waals surface area contributed by atoms with Gasteiger partial charge in [-0.2, -0.15) is 0 Å². The first-order valence-electron chi connectivity index (χ1n) is 7.31. The van der Waals surface area contributed by atoms with Crippen molar-refractivity contribution in [3.05, 3.63) is 18.1 Å². The van der Waals surface area contributed by atoms with Crippen LogP contribution in [-0.2, 0) is 0 Å². The highest BCUT2D eigenvalue weighted by atomic mass is 15.2. The van der Waals surface area contributed by atoms with Crippen molar-refractivity contribution in [1.29, 1.82) is 0 Å². The molecule has 0 bridgehead atoms. The number of hydrogen-bond acceptors (Lipinski definition) is 3. The van der Waals surface area contributed by atoms with Gasteiger partial charge in [0.1, 0.15) is 5.82 Å². The molecule has 18 heavy (non-hydrogen) atoms. The zero-order valence-electron chi connectivity index (χ0n) is 11.4. The number of rotatable bonds is 1. The van der Waals surface area contributed by atoms with Gasteiger partial charge in [0, 0.05) is 19.3 Å². The Balaban J connectivity index is 1.66. The van der Waals surface area contributed by atoms with Crippen molar-refractivity contribution >= 4 is 5.82 Å². The Hall–Kier alpha value is -1.12. The van der Waals surface area contributed by atoms with Gasteiger partial charge in [0.15, 0.2) is 0 Å². The highest BCUT2D eigenvalue weighted by Gasteiger charge is 2.35. The fourth-order valence-corrected chi connectivity index (χ4v) is 3.61. The molecule has 2 fully saturated rings. The average molecular weight is 245 g/mol. The number of nitrogens with zero attached hydrogens (tertiary/aromatic N) is 3. The molecule has 2 aliphatic rings.